The predicted octanol–water partition coefficient (Wildman–Crippen LogP) is 4.15. The summed E-state index contributed by atoms with van der Waals surface area (Å²) in [5, 5.41) is 1.02. The number of carbonyl (C=O) groups is 1. The number of rotatable bonds is 3. The van der Waals surface area contributed by atoms with Gasteiger partial charge >= 0.3 is 0 Å². The van der Waals surface area contributed by atoms with Gasteiger partial charge in [0.2, 0.25) is 0 Å². The molecule has 0 saturated heterocycles. The third-order valence-electron chi connectivity index (χ3n) is 4.82. The van der Waals surface area contributed by atoms with Crippen LogP contribution in [0.25, 0.3) is 10.9 Å². The fourth-order valence-corrected chi connectivity index (χ4v) is 3.82. The Bertz CT molecular complexity index is 996. The van der Waals surface area contributed by atoms with Crippen LogP contribution in [0.5, 0.6) is 11.5 Å². The largest absolute Gasteiger partial charge is 0.493 e. The minimum Gasteiger partial charge on any atom is -0.493 e. The Balaban J connectivity index is 1.62. The van der Waals surface area contributed by atoms with Crippen LogP contribution in [-0.2, 0) is 13.0 Å². The van der Waals surface area contributed by atoms with E-state index in [0.717, 1.165) is 33.1 Å². The van der Waals surface area contributed by atoms with Gasteiger partial charge in [0.15, 0.2) is 11.5 Å². The number of fused-ring (bicyclic) bond motifs is 2. The zero-order valence-corrected chi connectivity index (χ0v) is 16.2. The number of aromatic nitrogens is 1. The van der Waals surface area contributed by atoms with E-state index in [1.54, 1.807) is 14.2 Å². The minimum absolute atomic E-state index is 0.0118. The first-order valence-electron chi connectivity index (χ1n) is 8.40. The Kier molecular flexibility index (Phi) is 4.36. The molecule has 1 aliphatic heterocycles. The second-order valence-electron chi connectivity index (χ2n) is 6.37. The third-order valence-corrected chi connectivity index (χ3v) is 5.31. The molecule has 2 aromatic carbocycles. The molecule has 1 N–H and O–H groups in total. The van der Waals surface area contributed by atoms with Crippen LogP contribution >= 0.6 is 15.9 Å². The number of hydrogen-bond donors (Lipinski definition) is 1. The monoisotopic (exact) mass is 414 g/mol. The number of H-pyrrole nitrogens is 1. The summed E-state index contributed by atoms with van der Waals surface area (Å²) in [6.07, 6.45) is 0.799. The maximum absolute atomic E-state index is 13.0. The molecule has 0 unspecified atom stereocenters. The van der Waals surface area contributed by atoms with Crippen LogP contribution in [0.1, 0.15) is 21.6 Å². The van der Waals surface area contributed by atoms with Crippen molar-refractivity contribution in [2.45, 2.75) is 13.0 Å². The minimum atomic E-state index is 0.0118. The van der Waals surface area contributed by atoms with Gasteiger partial charge in [-0.05, 0) is 53.9 Å². The summed E-state index contributed by atoms with van der Waals surface area (Å²) in [7, 11) is 3.26. The summed E-state index contributed by atoms with van der Waals surface area (Å²) in [4.78, 5) is 18.1. The van der Waals surface area contributed by atoms with Crippen LogP contribution in [0.4, 0.5) is 0 Å². The number of amides is 1. The maximum Gasteiger partial charge on any atom is 0.270 e. The zero-order chi connectivity index (χ0) is 18.3. The Labute approximate surface area is 160 Å². The highest BCUT2D eigenvalue weighted by molar-refractivity contribution is 9.10. The van der Waals surface area contributed by atoms with Crippen molar-refractivity contribution in [1.82, 2.24) is 9.88 Å². The van der Waals surface area contributed by atoms with Gasteiger partial charge in [-0.25, -0.2) is 0 Å². The van der Waals surface area contributed by atoms with Crippen molar-refractivity contribution in [1.29, 1.82) is 0 Å². The average molecular weight is 415 g/mol. The standard InChI is InChI=1S/C20H19BrN2O3/c1-25-18-9-12-5-6-23(11-14(12)10-19(18)26-2)20(24)17-8-13-7-15(21)3-4-16(13)22-17/h3-4,7-10,22H,5-6,11H2,1-2H3. The predicted molar refractivity (Wildman–Crippen MR) is 104 cm³/mol. The molecule has 134 valence electrons. The van der Waals surface area contributed by atoms with Crippen molar-refractivity contribution in [2.24, 2.45) is 0 Å². The van der Waals surface area contributed by atoms with Crippen LogP contribution < -0.4 is 9.47 Å². The lowest BCUT2D eigenvalue weighted by molar-refractivity contribution is 0.0729. The van der Waals surface area contributed by atoms with Crippen molar-refractivity contribution in [3.63, 3.8) is 0 Å². The average Bonchev–Trinajstić information content (AvgIpc) is 3.08. The van der Waals surface area contributed by atoms with Crippen molar-refractivity contribution in [2.75, 3.05) is 20.8 Å². The molecule has 4 rings (SSSR count). The van der Waals surface area contributed by atoms with E-state index in [-0.39, 0.29) is 5.91 Å². The molecule has 0 atom stereocenters. The van der Waals surface area contributed by atoms with Crippen LogP contribution in [0.15, 0.2) is 40.9 Å². The normalized spacial score (nSPS) is 13.6. The van der Waals surface area contributed by atoms with Gasteiger partial charge in [-0.1, -0.05) is 15.9 Å². The number of aromatic amines is 1. The quantitative estimate of drug-likeness (QED) is 0.700. The topological polar surface area (TPSA) is 54.6 Å². The highest BCUT2D eigenvalue weighted by Gasteiger charge is 2.24. The smallest absolute Gasteiger partial charge is 0.270 e. The summed E-state index contributed by atoms with van der Waals surface area (Å²) >= 11 is 3.47. The van der Waals surface area contributed by atoms with E-state index in [2.05, 4.69) is 20.9 Å². The molecule has 1 aromatic heterocycles. The molecule has 0 aliphatic carbocycles. The van der Waals surface area contributed by atoms with E-state index >= 15 is 0 Å². The van der Waals surface area contributed by atoms with Gasteiger partial charge in [0.05, 0.1) is 14.2 Å². The molecule has 6 heteroatoms. The number of halogens is 1. The molecule has 1 amide bonds. The van der Waals surface area contributed by atoms with Gasteiger partial charge < -0.3 is 19.4 Å². The number of ether oxygens (including phenoxy) is 2. The molecular weight excluding hydrogens is 396 g/mol. The van der Waals surface area contributed by atoms with E-state index in [1.165, 1.54) is 5.56 Å². The van der Waals surface area contributed by atoms with Gasteiger partial charge in [-0.15, -0.1) is 0 Å². The molecule has 0 spiro atoms. The SMILES string of the molecule is COc1cc2c(cc1OC)CN(C(=O)c1cc3cc(Br)ccc3[nH]1)CC2. The first-order valence-corrected chi connectivity index (χ1v) is 9.19. The Hall–Kier alpha value is -2.47. The maximum atomic E-state index is 13.0. The molecule has 0 fully saturated rings. The van der Waals surface area contributed by atoms with Crippen molar-refractivity contribution >= 4 is 32.7 Å². The second-order valence-corrected chi connectivity index (χ2v) is 7.28. The Morgan fingerprint density at radius 1 is 1.08 bits per heavy atom. The Morgan fingerprint density at radius 3 is 2.54 bits per heavy atom. The second kappa shape index (κ2) is 6.68. The van der Waals surface area contributed by atoms with Crippen molar-refractivity contribution in [3.8, 4) is 11.5 Å². The molecule has 0 radical (unpaired) electrons. The summed E-state index contributed by atoms with van der Waals surface area (Å²) in [5.74, 6) is 1.43. The van der Waals surface area contributed by atoms with Crippen LogP contribution in [0.3, 0.4) is 0 Å². The van der Waals surface area contributed by atoms with E-state index in [1.807, 2.05) is 41.3 Å². The fraction of sp³-hybridized carbons (Fsp3) is 0.250. The van der Waals surface area contributed by atoms with Gasteiger partial charge in [-0.3, -0.25) is 4.79 Å². The number of carbonyl (C=O) groups excluding carboxylic acids is 1. The van der Waals surface area contributed by atoms with Crippen LogP contribution in [0, 0.1) is 0 Å². The first kappa shape index (κ1) is 17.0. The molecular formula is C20H19BrN2O3. The van der Waals surface area contributed by atoms with E-state index < -0.39 is 0 Å². The van der Waals surface area contributed by atoms with Gasteiger partial charge in [0.25, 0.3) is 5.91 Å². The molecule has 1 aliphatic rings. The first-order chi connectivity index (χ1) is 12.6. The van der Waals surface area contributed by atoms with Crippen molar-refractivity contribution < 1.29 is 14.3 Å². The van der Waals surface area contributed by atoms with Gasteiger partial charge in [0.1, 0.15) is 5.69 Å². The fourth-order valence-electron chi connectivity index (χ4n) is 3.45. The number of methoxy groups -OCH3 is 2. The lowest BCUT2D eigenvalue weighted by Crippen LogP contribution is -2.36. The lowest BCUT2D eigenvalue weighted by Gasteiger charge is -2.29. The molecule has 5 nitrogen and oxygen atoms in total. The molecule has 2 heterocycles. The van der Waals surface area contributed by atoms with Crippen LogP contribution in [0.2, 0.25) is 0 Å². The Morgan fingerprint density at radius 2 is 1.81 bits per heavy atom. The summed E-state index contributed by atoms with van der Waals surface area (Å²) in [5.41, 5.74) is 3.87. The molecule has 0 saturated carbocycles. The summed E-state index contributed by atoms with van der Waals surface area (Å²) in [6.45, 7) is 1.24. The van der Waals surface area contributed by atoms with Gasteiger partial charge in [0, 0.05) is 28.5 Å². The summed E-state index contributed by atoms with van der Waals surface area (Å²) < 4.78 is 11.8. The highest BCUT2D eigenvalue weighted by Crippen LogP contribution is 2.33. The highest BCUT2D eigenvalue weighted by atomic mass is 79.9. The van der Waals surface area contributed by atoms with E-state index in [9.17, 15) is 4.79 Å². The molecule has 0 bridgehead atoms. The van der Waals surface area contributed by atoms with Crippen LogP contribution in [-0.4, -0.2) is 36.6 Å². The third kappa shape index (κ3) is 2.94. The number of benzene rings is 2. The number of nitrogens with one attached hydrogen (secondary N) is 1. The zero-order valence-electron chi connectivity index (χ0n) is 14.6. The molecule has 3 aromatic rings. The lowest BCUT2D eigenvalue weighted by atomic mass is 9.98. The number of nitrogens with zero attached hydrogens (tertiary/aromatic N) is 1. The van der Waals surface area contributed by atoms with E-state index in [0.29, 0.717) is 24.5 Å². The molecule has 26 heavy (non-hydrogen) atoms. The van der Waals surface area contributed by atoms with Crippen molar-refractivity contribution in [3.05, 3.63) is 57.7 Å². The summed E-state index contributed by atoms with van der Waals surface area (Å²) in [6, 6.07) is 11.8. The van der Waals surface area contributed by atoms with E-state index in [4.69, 9.17) is 9.47 Å². The number of hydrogen-bond acceptors (Lipinski definition) is 3. The van der Waals surface area contributed by atoms with Gasteiger partial charge in [-0.2, -0.15) is 0 Å².